The standard InChI is InChI=1S/C20H20N4O2S/c1-14-4-6-16(7-5-14)23-12-15(11-19(23)25)20(26)22-18-8-9-21-24(18)13-17-3-2-10-27-17/h2-10,15H,11-13H2,1H3,(H,22,26). The predicted octanol–water partition coefficient (Wildman–Crippen LogP) is 3.29. The summed E-state index contributed by atoms with van der Waals surface area (Å²) in [4.78, 5) is 28.0. The van der Waals surface area contributed by atoms with Gasteiger partial charge in [-0.15, -0.1) is 11.3 Å². The lowest BCUT2D eigenvalue weighted by Crippen LogP contribution is -2.28. The zero-order chi connectivity index (χ0) is 18.8. The molecular formula is C20H20N4O2S. The van der Waals surface area contributed by atoms with Gasteiger partial charge < -0.3 is 10.2 Å². The number of anilines is 2. The molecule has 1 unspecified atom stereocenters. The third-order valence-electron chi connectivity index (χ3n) is 4.69. The molecule has 4 rings (SSSR count). The number of aryl methyl sites for hydroxylation is 1. The number of nitrogens with zero attached hydrogens (tertiary/aromatic N) is 3. The molecule has 27 heavy (non-hydrogen) atoms. The van der Waals surface area contributed by atoms with Crippen molar-refractivity contribution in [2.75, 3.05) is 16.8 Å². The van der Waals surface area contributed by atoms with Crippen LogP contribution in [0.1, 0.15) is 16.9 Å². The number of nitrogens with one attached hydrogen (secondary N) is 1. The Morgan fingerprint density at radius 3 is 2.81 bits per heavy atom. The summed E-state index contributed by atoms with van der Waals surface area (Å²) in [6.07, 6.45) is 1.89. The average Bonchev–Trinajstić information content (AvgIpc) is 3.39. The molecular weight excluding hydrogens is 360 g/mol. The SMILES string of the molecule is Cc1ccc(N2CC(C(=O)Nc3ccnn3Cc3cccs3)CC2=O)cc1. The molecule has 2 aromatic heterocycles. The van der Waals surface area contributed by atoms with Crippen LogP contribution in [-0.2, 0) is 16.1 Å². The Balaban J connectivity index is 1.43. The van der Waals surface area contributed by atoms with E-state index in [0.29, 0.717) is 18.9 Å². The van der Waals surface area contributed by atoms with Crippen LogP contribution in [0.4, 0.5) is 11.5 Å². The van der Waals surface area contributed by atoms with E-state index in [2.05, 4.69) is 10.4 Å². The summed E-state index contributed by atoms with van der Waals surface area (Å²) in [5, 5.41) is 9.24. The second-order valence-electron chi connectivity index (χ2n) is 6.68. The molecule has 0 spiro atoms. The summed E-state index contributed by atoms with van der Waals surface area (Å²) in [6.45, 7) is 3.01. The number of carbonyl (C=O) groups is 2. The first-order valence-corrected chi connectivity index (χ1v) is 9.70. The number of benzene rings is 1. The van der Waals surface area contributed by atoms with Gasteiger partial charge >= 0.3 is 0 Å². The third-order valence-corrected chi connectivity index (χ3v) is 5.56. The van der Waals surface area contributed by atoms with Crippen LogP contribution in [0, 0.1) is 12.8 Å². The van der Waals surface area contributed by atoms with Crippen molar-refractivity contribution in [3.63, 3.8) is 0 Å². The van der Waals surface area contributed by atoms with Crippen molar-refractivity contribution in [2.24, 2.45) is 5.92 Å². The Hall–Kier alpha value is -2.93. The van der Waals surface area contributed by atoms with Gasteiger partial charge in [0.1, 0.15) is 5.82 Å². The van der Waals surface area contributed by atoms with Crippen LogP contribution in [-0.4, -0.2) is 28.1 Å². The van der Waals surface area contributed by atoms with Gasteiger partial charge in [-0.2, -0.15) is 5.10 Å². The van der Waals surface area contributed by atoms with Gasteiger partial charge in [0.15, 0.2) is 0 Å². The van der Waals surface area contributed by atoms with Gasteiger partial charge in [0.25, 0.3) is 0 Å². The molecule has 138 valence electrons. The Morgan fingerprint density at radius 1 is 1.26 bits per heavy atom. The van der Waals surface area contributed by atoms with Crippen LogP contribution in [0.3, 0.4) is 0 Å². The summed E-state index contributed by atoms with van der Waals surface area (Å²) >= 11 is 1.65. The van der Waals surface area contributed by atoms with Crippen molar-refractivity contribution in [1.29, 1.82) is 0 Å². The molecule has 1 N–H and O–H groups in total. The van der Waals surface area contributed by atoms with E-state index >= 15 is 0 Å². The molecule has 0 aliphatic carbocycles. The van der Waals surface area contributed by atoms with Crippen LogP contribution >= 0.6 is 11.3 Å². The lowest BCUT2D eigenvalue weighted by atomic mass is 10.1. The van der Waals surface area contributed by atoms with Crippen molar-refractivity contribution in [3.8, 4) is 0 Å². The summed E-state index contributed by atoms with van der Waals surface area (Å²) in [6, 6.07) is 13.6. The van der Waals surface area contributed by atoms with Crippen molar-refractivity contribution in [3.05, 3.63) is 64.5 Å². The number of rotatable bonds is 5. The molecule has 1 aromatic carbocycles. The minimum absolute atomic E-state index is 0.0221. The average molecular weight is 380 g/mol. The first-order valence-electron chi connectivity index (χ1n) is 8.82. The summed E-state index contributed by atoms with van der Waals surface area (Å²) in [5.74, 6) is 0.107. The van der Waals surface area contributed by atoms with Crippen LogP contribution in [0.2, 0.25) is 0 Å². The van der Waals surface area contributed by atoms with E-state index in [9.17, 15) is 9.59 Å². The maximum absolute atomic E-state index is 12.7. The molecule has 3 aromatic rings. The monoisotopic (exact) mass is 380 g/mol. The second-order valence-corrected chi connectivity index (χ2v) is 7.72. The molecule has 1 fully saturated rings. The molecule has 3 heterocycles. The van der Waals surface area contributed by atoms with Gasteiger partial charge in [0.05, 0.1) is 18.7 Å². The highest BCUT2D eigenvalue weighted by atomic mass is 32.1. The highest BCUT2D eigenvalue weighted by Gasteiger charge is 2.35. The number of thiophene rings is 1. The highest BCUT2D eigenvalue weighted by Crippen LogP contribution is 2.26. The number of hydrogen-bond acceptors (Lipinski definition) is 4. The number of hydrogen-bond donors (Lipinski definition) is 1. The normalized spacial score (nSPS) is 16.7. The fraction of sp³-hybridized carbons (Fsp3) is 0.250. The van der Waals surface area contributed by atoms with E-state index < -0.39 is 0 Å². The van der Waals surface area contributed by atoms with Gasteiger partial charge in [-0.25, -0.2) is 4.68 Å². The van der Waals surface area contributed by atoms with Gasteiger partial charge in [0, 0.05) is 29.6 Å². The van der Waals surface area contributed by atoms with Crippen molar-refractivity contribution >= 4 is 34.7 Å². The summed E-state index contributed by atoms with van der Waals surface area (Å²) < 4.78 is 1.76. The van der Waals surface area contributed by atoms with Gasteiger partial charge in [-0.3, -0.25) is 9.59 Å². The Morgan fingerprint density at radius 2 is 2.07 bits per heavy atom. The molecule has 7 heteroatoms. The minimum Gasteiger partial charge on any atom is -0.312 e. The van der Waals surface area contributed by atoms with Crippen LogP contribution < -0.4 is 10.2 Å². The van der Waals surface area contributed by atoms with E-state index in [0.717, 1.165) is 16.1 Å². The van der Waals surface area contributed by atoms with Crippen molar-refractivity contribution < 1.29 is 9.59 Å². The maximum atomic E-state index is 12.7. The largest absolute Gasteiger partial charge is 0.312 e. The second kappa shape index (κ2) is 7.36. The molecule has 6 nitrogen and oxygen atoms in total. The van der Waals surface area contributed by atoms with E-state index in [1.165, 1.54) is 0 Å². The van der Waals surface area contributed by atoms with Crippen molar-refractivity contribution in [1.82, 2.24) is 9.78 Å². The zero-order valence-corrected chi connectivity index (χ0v) is 15.8. The Kier molecular flexibility index (Phi) is 4.77. The Bertz CT molecular complexity index is 947. The highest BCUT2D eigenvalue weighted by molar-refractivity contribution is 7.09. The van der Waals surface area contributed by atoms with E-state index in [1.54, 1.807) is 33.2 Å². The fourth-order valence-corrected chi connectivity index (χ4v) is 3.89. The lowest BCUT2D eigenvalue weighted by molar-refractivity contribution is -0.122. The van der Waals surface area contributed by atoms with E-state index in [4.69, 9.17) is 0 Å². The summed E-state index contributed by atoms with van der Waals surface area (Å²) in [7, 11) is 0. The lowest BCUT2D eigenvalue weighted by Gasteiger charge is -2.17. The zero-order valence-electron chi connectivity index (χ0n) is 15.0. The topological polar surface area (TPSA) is 67.2 Å². The Labute approximate surface area is 161 Å². The van der Waals surface area contributed by atoms with Crippen LogP contribution in [0.15, 0.2) is 54.0 Å². The summed E-state index contributed by atoms with van der Waals surface area (Å²) in [5.41, 5.74) is 1.97. The molecule has 1 saturated heterocycles. The smallest absolute Gasteiger partial charge is 0.230 e. The third kappa shape index (κ3) is 3.78. The number of carbonyl (C=O) groups excluding carboxylic acids is 2. The number of amides is 2. The maximum Gasteiger partial charge on any atom is 0.230 e. The quantitative estimate of drug-likeness (QED) is 0.739. The fourth-order valence-electron chi connectivity index (χ4n) is 3.20. The van der Waals surface area contributed by atoms with E-state index in [-0.39, 0.29) is 24.2 Å². The minimum atomic E-state index is -0.371. The van der Waals surface area contributed by atoms with Gasteiger partial charge in [-0.05, 0) is 30.5 Å². The molecule has 1 aliphatic rings. The molecule has 0 saturated carbocycles. The molecule has 2 amide bonds. The first kappa shape index (κ1) is 17.5. The molecule has 0 radical (unpaired) electrons. The first-order chi connectivity index (χ1) is 13.1. The molecule has 1 aliphatic heterocycles. The number of aromatic nitrogens is 2. The predicted molar refractivity (Wildman–Crippen MR) is 106 cm³/mol. The van der Waals surface area contributed by atoms with E-state index in [1.807, 2.05) is 48.7 Å². The van der Waals surface area contributed by atoms with Crippen molar-refractivity contribution in [2.45, 2.75) is 19.9 Å². The molecule has 1 atom stereocenters. The van der Waals surface area contributed by atoms with Crippen LogP contribution in [0.25, 0.3) is 0 Å². The molecule has 0 bridgehead atoms. The van der Waals surface area contributed by atoms with Gasteiger partial charge in [-0.1, -0.05) is 23.8 Å². The van der Waals surface area contributed by atoms with Gasteiger partial charge in [0.2, 0.25) is 11.8 Å². The van der Waals surface area contributed by atoms with Crippen LogP contribution in [0.5, 0.6) is 0 Å².